The zero-order chi connectivity index (χ0) is 16.2. The van der Waals surface area contributed by atoms with Crippen LogP contribution in [0, 0.1) is 0 Å². The molecular weight excluding hydrogens is 290 g/mol. The van der Waals surface area contributed by atoms with Gasteiger partial charge in [0.05, 0.1) is 6.04 Å². The number of hydrogen-bond acceptors (Lipinski definition) is 3. The van der Waals surface area contributed by atoms with Crippen LogP contribution in [-0.4, -0.2) is 56.5 Å². The summed E-state index contributed by atoms with van der Waals surface area (Å²) in [6, 6.07) is 4.21. The highest BCUT2D eigenvalue weighted by Gasteiger charge is 2.30. The van der Waals surface area contributed by atoms with E-state index in [1.165, 1.54) is 0 Å². The number of rotatable bonds is 5. The largest absolute Gasteiger partial charge is 0.354 e. The highest BCUT2D eigenvalue weighted by Crippen LogP contribution is 2.22. The molecule has 0 spiro atoms. The third-order valence-electron chi connectivity index (χ3n) is 4.63. The van der Waals surface area contributed by atoms with Crippen LogP contribution in [0.5, 0.6) is 0 Å². The monoisotopic (exact) mass is 315 g/mol. The van der Waals surface area contributed by atoms with E-state index in [9.17, 15) is 4.79 Å². The van der Waals surface area contributed by atoms with Crippen LogP contribution in [-0.2, 0) is 18.4 Å². The second-order valence-electron chi connectivity index (χ2n) is 6.26. The van der Waals surface area contributed by atoms with Crippen LogP contribution in [0.15, 0.2) is 36.9 Å². The average molecular weight is 315 g/mol. The summed E-state index contributed by atoms with van der Waals surface area (Å²) in [7, 11) is 4.11. The molecule has 1 fully saturated rings. The van der Waals surface area contributed by atoms with Crippen molar-refractivity contribution >= 4 is 5.91 Å². The van der Waals surface area contributed by atoms with E-state index in [2.05, 4.69) is 21.5 Å². The average Bonchev–Trinajstić information content (AvgIpc) is 3.19. The Balaban J connectivity index is 1.55. The minimum absolute atomic E-state index is 0.178. The Hall–Kier alpha value is -2.08. The molecule has 1 amide bonds. The maximum absolute atomic E-state index is 12.5. The lowest BCUT2D eigenvalue weighted by molar-refractivity contribution is -0.134. The van der Waals surface area contributed by atoms with Crippen LogP contribution >= 0.6 is 0 Å². The summed E-state index contributed by atoms with van der Waals surface area (Å²) in [5, 5.41) is 0. The maximum Gasteiger partial charge on any atom is 0.222 e. The number of likely N-dealkylation sites (N-methyl/N-ethyl adjacent to an activating group) is 1. The van der Waals surface area contributed by atoms with Crippen molar-refractivity contribution in [2.24, 2.45) is 7.05 Å². The molecule has 6 nitrogen and oxygen atoms in total. The van der Waals surface area contributed by atoms with Gasteiger partial charge in [-0.3, -0.25) is 9.69 Å². The van der Waals surface area contributed by atoms with Gasteiger partial charge in [-0.1, -0.05) is 0 Å². The van der Waals surface area contributed by atoms with Gasteiger partial charge in [0, 0.05) is 64.4 Å². The van der Waals surface area contributed by atoms with Crippen LogP contribution in [0.25, 0.3) is 0 Å². The Morgan fingerprint density at radius 1 is 1.22 bits per heavy atom. The first kappa shape index (κ1) is 15.8. The number of aromatic nitrogens is 3. The molecule has 3 rings (SSSR count). The number of carbonyl (C=O) groups is 1. The summed E-state index contributed by atoms with van der Waals surface area (Å²) >= 11 is 0. The smallest absolute Gasteiger partial charge is 0.222 e. The quantitative estimate of drug-likeness (QED) is 0.840. The molecule has 1 aliphatic heterocycles. The third-order valence-corrected chi connectivity index (χ3v) is 4.63. The molecule has 23 heavy (non-hydrogen) atoms. The van der Waals surface area contributed by atoms with Gasteiger partial charge in [-0.05, 0) is 25.6 Å². The molecule has 1 aliphatic rings. The molecule has 1 saturated heterocycles. The van der Waals surface area contributed by atoms with Gasteiger partial charge in [-0.15, -0.1) is 0 Å². The normalized spacial score (nSPS) is 19.2. The summed E-state index contributed by atoms with van der Waals surface area (Å²) in [5.41, 5.74) is 0. The standard InChI is InChI=1S/C17H25N5O/c1-19-12-13-22(14-15(19)17-18-7-11-20(17)2)16(23)6-5-10-21-8-3-4-9-21/h3-4,7-9,11,15H,5-6,10,12-14H2,1-2H3/t15-/m1/s1. The Labute approximate surface area is 137 Å². The van der Waals surface area contributed by atoms with Crippen molar-refractivity contribution in [3.05, 3.63) is 42.7 Å². The molecule has 0 aliphatic carbocycles. The molecule has 0 bridgehead atoms. The van der Waals surface area contributed by atoms with Crippen molar-refractivity contribution < 1.29 is 4.79 Å². The minimum atomic E-state index is 0.178. The van der Waals surface area contributed by atoms with Crippen molar-refractivity contribution in [3.8, 4) is 0 Å². The molecule has 0 N–H and O–H groups in total. The highest BCUT2D eigenvalue weighted by molar-refractivity contribution is 5.76. The van der Waals surface area contributed by atoms with E-state index in [1.807, 2.05) is 53.4 Å². The number of aryl methyl sites for hydroxylation is 2. The molecule has 6 heteroatoms. The number of amides is 1. The predicted octanol–water partition coefficient (Wildman–Crippen LogP) is 1.52. The van der Waals surface area contributed by atoms with Crippen molar-refractivity contribution in [3.63, 3.8) is 0 Å². The summed E-state index contributed by atoms with van der Waals surface area (Å²) in [6.45, 7) is 3.32. The number of piperazine rings is 1. The first-order chi connectivity index (χ1) is 11.1. The van der Waals surface area contributed by atoms with Gasteiger partial charge in [0.2, 0.25) is 5.91 Å². The molecular formula is C17H25N5O. The van der Waals surface area contributed by atoms with Gasteiger partial charge in [0.25, 0.3) is 0 Å². The Kier molecular flexibility index (Phi) is 4.81. The third kappa shape index (κ3) is 3.64. The first-order valence-electron chi connectivity index (χ1n) is 8.21. The van der Waals surface area contributed by atoms with Crippen LogP contribution in [0.4, 0.5) is 0 Å². The van der Waals surface area contributed by atoms with Gasteiger partial charge in [-0.2, -0.15) is 0 Å². The van der Waals surface area contributed by atoms with E-state index < -0.39 is 0 Å². The Morgan fingerprint density at radius 2 is 2.00 bits per heavy atom. The van der Waals surface area contributed by atoms with E-state index in [-0.39, 0.29) is 11.9 Å². The van der Waals surface area contributed by atoms with Gasteiger partial charge >= 0.3 is 0 Å². The highest BCUT2D eigenvalue weighted by atomic mass is 16.2. The van der Waals surface area contributed by atoms with E-state index in [0.717, 1.165) is 38.4 Å². The second-order valence-corrected chi connectivity index (χ2v) is 6.26. The van der Waals surface area contributed by atoms with Crippen LogP contribution < -0.4 is 0 Å². The lowest BCUT2D eigenvalue weighted by Gasteiger charge is -2.39. The Morgan fingerprint density at radius 3 is 2.70 bits per heavy atom. The summed E-state index contributed by atoms with van der Waals surface area (Å²) in [5.74, 6) is 1.28. The Bertz CT molecular complexity index is 633. The summed E-state index contributed by atoms with van der Waals surface area (Å²) in [6.07, 6.45) is 9.35. The number of imidazole rings is 1. The molecule has 2 aromatic heterocycles. The molecule has 0 radical (unpaired) electrons. The van der Waals surface area contributed by atoms with Gasteiger partial charge in [0.1, 0.15) is 5.82 Å². The van der Waals surface area contributed by atoms with Gasteiger partial charge in [0.15, 0.2) is 0 Å². The summed E-state index contributed by atoms with van der Waals surface area (Å²) < 4.78 is 4.16. The number of hydrogen-bond donors (Lipinski definition) is 0. The predicted molar refractivity (Wildman–Crippen MR) is 88.8 cm³/mol. The topological polar surface area (TPSA) is 46.3 Å². The first-order valence-corrected chi connectivity index (χ1v) is 8.21. The van der Waals surface area contributed by atoms with Gasteiger partial charge in [-0.25, -0.2) is 4.98 Å². The van der Waals surface area contributed by atoms with Crippen molar-refractivity contribution in [2.45, 2.75) is 25.4 Å². The molecule has 0 saturated carbocycles. The fourth-order valence-electron chi connectivity index (χ4n) is 3.17. The molecule has 1 atom stereocenters. The van der Waals surface area contributed by atoms with Crippen LogP contribution in [0.3, 0.4) is 0 Å². The molecule has 2 aromatic rings. The van der Waals surface area contributed by atoms with Crippen molar-refractivity contribution in [1.29, 1.82) is 0 Å². The number of carbonyl (C=O) groups excluding carboxylic acids is 1. The maximum atomic E-state index is 12.5. The van der Waals surface area contributed by atoms with E-state index in [0.29, 0.717) is 6.42 Å². The second kappa shape index (κ2) is 7.00. The van der Waals surface area contributed by atoms with Crippen LogP contribution in [0.2, 0.25) is 0 Å². The van der Waals surface area contributed by atoms with Crippen molar-refractivity contribution in [2.75, 3.05) is 26.7 Å². The molecule has 0 unspecified atom stereocenters. The molecule has 124 valence electrons. The van der Waals surface area contributed by atoms with Crippen molar-refractivity contribution in [1.82, 2.24) is 23.9 Å². The minimum Gasteiger partial charge on any atom is -0.354 e. The lowest BCUT2D eigenvalue weighted by Crippen LogP contribution is -2.49. The fourth-order valence-corrected chi connectivity index (χ4v) is 3.17. The summed E-state index contributed by atoms with van der Waals surface area (Å²) in [4.78, 5) is 21.2. The molecule has 3 heterocycles. The van der Waals surface area contributed by atoms with E-state index >= 15 is 0 Å². The van der Waals surface area contributed by atoms with Crippen LogP contribution in [0.1, 0.15) is 24.7 Å². The van der Waals surface area contributed by atoms with E-state index in [1.54, 1.807) is 0 Å². The molecule has 0 aromatic carbocycles. The lowest BCUT2D eigenvalue weighted by atomic mass is 10.1. The zero-order valence-electron chi connectivity index (χ0n) is 13.9. The fraction of sp³-hybridized carbons (Fsp3) is 0.529. The SMILES string of the molecule is CN1CCN(C(=O)CCCn2cccc2)C[C@@H]1c1nccn1C. The van der Waals surface area contributed by atoms with Gasteiger partial charge < -0.3 is 14.0 Å². The van der Waals surface area contributed by atoms with E-state index in [4.69, 9.17) is 0 Å². The zero-order valence-corrected chi connectivity index (χ0v) is 13.9. The number of nitrogens with zero attached hydrogens (tertiary/aromatic N) is 5.